The molecule has 2 rings (SSSR count). The van der Waals surface area contributed by atoms with Gasteiger partial charge in [0.25, 0.3) is 5.56 Å². The van der Waals surface area contributed by atoms with Gasteiger partial charge in [-0.3, -0.25) is 15.0 Å². The van der Waals surface area contributed by atoms with Crippen LogP contribution in [-0.2, 0) is 9.53 Å². The highest BCUT2D eigenvalue weighted by atomic mass is 16.5. The number of hydrogen-bond donors (Lipinski definition) is 1. The number of carbonyl (C=O) groups excluding carboxylic acids is 1. The van der Waals surface area contributed by atoms with Crippen molar-refractivity contribution in [1.82, 2.24) is 9.58 Å². The second kappa shape index (κ2) is 6.87. The quantitative estimate of drug-likeness (QED) is 0.859. The zero-order chi connectivity index (χ0) is 15.4. The van der Waals surface area contributed by atoms with E-state index in [-0.39, 0.29) is 17.4 Å². The topological polar surface area (TPSA) is 63.6 Å². The normalized spacial score (nSPS) is 18.9. The van der Waals surface area contributed by atoms with Crippen LogP contribution in [0.1, 0.15) is 17.7 Å². The van der Waals surface area contributed by atoms with E-state index in [2.05, 4.69) is 10.3 Å². The van der Waals surface area contributed by atoms with Crippen LogP contribution in [0.15, 0.2) is 16.9 Å². The summed E-state index contributed by atoms with van der Waals surface area (Å²) in [5.41, 5.74) is 4.17. The Balaban J connectivity index is 1.98. The predicted molar refractivity (Wildman–Crippen MR) is 81.0 cm³/mol. The summed E-state index contributed by atoms with van der Waals surface area (Å²) in [4.78, 5) is 26.4. The lowest BCUT2D eigenvalue weighted by Gasteiger charge is -2.17. The van der Waals surface area contributed by atoms with E-state index in [0.29, 0.717) is 6.61 Å². The van der Waals surface area contributed by atoms with Gasteiger partial charge in [0.1, 0.15) is 0 Å². The number of ether oxygens (including phenoxy) is 1. The standard InChI is InChI=1S/C15H23N3O3/c1-11-8-12(2)18(14(19)9-11)16-15(20)13-4-5-17(10-13)6-7-21-3/h8-9,13H,4-7,10H2,1-3H3,(H,16,20)/t13-/m1/s1. The maximum atomic E-state index is 12.3. The van der Waals surface area contributed by atoms with Gasteiger partial charge in [-0.25, -0.2) is 4.68 Å². The second-order valence-electron chi connectivity index (χ2n) is 5.60. The number of carbonyl (C=O) groups is 1. The molecule has 0 radical (unpaired) electrons. The third-order valence-corrected chi connectivity index (χ3v) is 3.84. The highest BCUT2D eigenvalue weighted by molar-refractivity contribution is 5.86. The lowest BCUT2D eigenvalue weighted by molar-refractivity contribution is -0.120. The molecule has 0 aliphatic carbocycles. The van der Waals surface area contributed by atoms with E-state index in [4.69, 9.17) is 4.74 Å². The number of nitrogens with zero attached hydrogens (tertiary/aromatic N) is 2. The van der Waals surface area contributed by atoms with E-state index in [0.717, 1.165) is 37.3 Å². The molecule has 1 amide bonds. The van der Waals surface area contributed by atoms with Crippen molar-refractivity contribution in [3.05, 3.63) is 33.7 Å². The molecule has 6 heteroatoms. The van der Waals surface area contributed by atoms with Crippen molar-refractivity contribution in [3.8, 4) is 0 Å². The number of likely N-dealkylation sites (tertiary alicyclic amines) is 1. The predicted octanol–water partition coefficient (Wildman–Crippen LogP) is 0.504. The molecule has 1 aliphatic rings. The summed E-state index contributed by atoms with van der Waals surface area (Å²) >= 11 is 0. The number of hydrogen-bond acceptors (Lipinski definition) is 4. The molecular formula is C15H23N3O3. The number of aryl methyl sites for hydroxylation is 2. The van der Waals surface area contributed by atoms with Gasteiger partial charge < -0.3 is 9.64 Å². The van der Waals surface area contributed by atoms with Gasteiger partial charge in [0.2, 0.25) is 5.91 Å². The van der Waals surface area contributed by atoms with E-state index in [1.807, 2.05) is 19.9 Å². The summed E-state index contributed by atoms with van der Waals surface area (Å²) in [7, 11) is 1.67. The maximum absolute atomic E-state index is 12.3. The minimum Gasteiger partial charge on any atom is -0.383 e. The fourth-order valence-corrected chi connectivity index (χ4v) is 2.68. The third kappa shape index (κ3) is 3.92. The average molecular weight is 293 g/mol. The summed E-state index contributed by atoms with van der Waals surface area (Å²) in [5.74, 6) is -0.168. The van der Waals surface area contributed by atoms with Crippen LogP contribution < -0.4 is 11.0 Å². The number of aromatic nitrogens is 1. The lowest BCUT2D eigenvalue weighted by Crippen LogP contribution is -2.38. The van der Waals surface area contributed by atoms with Crippen molar-refractivity contribution in [2.75, 3.05) is 38.8 Å². The van der Waals surface area contributed by atoms with Crippen molar-refractivity contribution < 1.29 is 9.53 Å². The Bertz CT molecular complexity index is 568. The molecule has 0 unspecified atom stereocenters. The van der Waals surface area contributed by atoms with Crippen molar-refractivity contribution >= 4 is 5.91 Å². The molecule has 1 aromatic heterocycles. The molecule has 21 heavy (non-hydrogen) atoms. The molecule has 1 N–H and O–H groups in total. The summed E-state index contributed by atoms with van der Waals surface area (Å²) in [6, 6.07) is 3.40. The molecule has 1 aliphatic heterocycles. The van der Waals surface area contributed by atoms with Gasteiger partial charge in [-0.2, -0.15) is 0 Å². The Morgan fingerprint density at radius 1 is 1.43 bits per heavy atom. The van der Waals surface area contributed by atoms with Gasteiger partial charge in [-0.1, -0.05) is 0 Å². The molecule has 2 heterocycles. The molecule has 6 nitrogen and oxygen atoms in total. The van der Waals surface area contributed by atoms with Crippen molar-refractivity contribution in [1.29, 1.82) is 0 Å². The van der Waals surface area contributed by atoms with E-state index in [1.165, 1.54) is 10.7 Å². The van der Waals surface area contributed by atoms with Crippen LogP contribution >= 0.6 is 0 Å². The average Bonchev–Trinajstić information content (AvgIpc) is 2.89. The monoisotopic (exact) mass is 293 g/mol. The third-order valence-electron chi connectivity index (χ3n) is 3.84. The number of amides is 1. The van der Waals surface area contributed by atoms with Gasteiger partial charge in [-0.05, 0) is 38.4 Å². The molecule has 1 fully saturated rings. The largest absolute Gasteiger partial charge is 0.383 e. The fourth-order valence-electron chi connectivity index (χ4n) is 2.68. The van der Waals surface area contributed by atoms with E-state index in [1.54, 1.807) is 7.11 Å². The fraction of sp³-hybridized carbons (Fsp3) is 0.600. The van der Waals surface area contributed by atoms with Crippen LogP contribution in [0.25, 0.3) is 0 Å². The lowest BCUT2D eigenvalue weighted by atomic mass is 10.1. The van der Waals surface area contributed by atoms with Gasteiger partial charge in [0.15, 0.2) is 0 Å². The maximum Gasteiger partial charge on any atom is 0.269 e. The first-order valence-corrected chi connectivity index (χ1v) is 7.23. The Morgan fingerprint density at radius 2 is 2.19 bits per heavy atom. The molecule has 0 bridgehead atoms. The molecule has 1 aromatic rings. The Labute approximate surface area is 124 Å². The molecule has 0 aromatic carbocycles. The van der Waals surface area contributed by atoms with Crippen molar-refractivity contribution in [3.63, 3.8) is 0 Å². The minimum atomic E-state index is -0.199. The SMILES string of the molecule is COCCN1CC[C@@H](C(=O)Nn2c(C)cc(C)cc2=O)C1. The van der Waals surface area contributed by atoms with Crippen molar-refractivity contribution in [2.45, 2.75) is 20.3 Å². The van der Waals surface area contributed by atoms with Gasteiger partial charge >= 0.3 is 0 Å². The molecule has 1 saturated heterocycles. The summed E-state index contributed by atoms with van der Waals surface area (Å²) in [6.45, 7) is 6.80. The molecule has 1 atom stereocenters. The highest BCUT2D eigenvalue weighted by Crippen LogP contribution is 2.16. The van der Waals surface area contributed by atoms with Crippen LogP contribution in [0.3, 0.4) is 0 Å². The van der Waals surface area contributed by atoms with Crippen molar-refractivity contribution in [2.24, 2.45) is 5.92 Å². The van der Waals surface area contributed by atoms with E-state index >= 15 is 0 Å². The first kappa shape index (κ1) is 15.7. The van der Waals surface area contributed by atoms with Crippen LogP contribution in [-0.4, -0.2) is 48.8 Å². The minimum absolute atomic E-state index is 0.0746. The van der Waals surface area contributed by atoms with Gasteiger partial charge in [0, 0.05) is 32.0 Å². The Kier molecular flexibility index (Phi) is 5.14. The Morgan fingerprint density at radius 3 is 2.86 bits per heavy atom. The van der Waals surface area contributed by atoms with E-state index < -0.39 is 0 Å². The zero-order valence-corrected chi connectivity index (χ0v) is 12.9. The second-order valence-corrected chi connectivity index (χ2v) is 5.60. The van der Waals surface area contributed by atoms with Gasteiger partial charge in [-0.15, -0.1) is 0 Å². The molecule has 0 saturated carbocycles. The van der Waals surface area contributed by atoms with Crippen LogP contribution in [0, 0.1) is 19.8 Å². The summed E-state index contributed by atoms with van der Waals surface area (Å²) in [5, 5.41) is 0. The first-order valence-electron chi connectivity index (χ1n) is 7.23. The zero-order valence-electron chi connectivity index (χ0n) is 12.9. The summed E-state index contributed by atoms with van der Waals surface area (Å²) < 4.78 is 6.38. The Hall–Kier alpha value is -1.66. The molecule has 116 valence electrons. The van der Waals surface area contributed by atoms with Crippen LogP contribution in [0.5, 0.6) is 0 Å². The number of pyridine rings is 1. The van der Waals surface area contributed by atoms with Crippen LogP contribution in [0.2, 0.25) is 0 Å². The smallest absolute Gasteiger partial charge is 0.269 e. The summed E-state index contributed by atoms with van der Waals surface area (Å²) in [6.07, 6.45) is 0.815. The van der Waals surface area contributed by atoms with E-state index in [9.17, 15) is 9.59 Å². The number of rotatable bonds is 5. The first-order chi connectivity index (χ1) is 10.0. The number of nitrogens with one attached hydrogen (secondary N) is 1. The highest BCUT2D eigenvalue weighted by Gasteiger charge is 2.28. The molecular weight excluding hydrogens is 270 g/mol. The molecule has 0 spiro atoms. The van der Waals surface area contributed by atoms with Gasteiger partial charge in [0.05, 0.1) is 12.5 Å². The number of methoxy groups -OCH3 is 1. The van der Waals surface area contributed by atoms with Crippen LogP contribution in [0.4, 0.5) is 0 Å².